The van der Waals surface area contributed by atoms with E-state index < -0.39 is 38.6 Å². The molecule has 0 amide bonds. The van der Waals surface area contributed by atoms with Crippen LogP contribution in [0.25, 0.3) is 0 Å². The standard InChI is InChI=1S/C14H5BrCl4F3N3O4/c1-23(13-9(17)7(15)8(16)10(18)11(13)19)12-5(14(20,21)22)2-4(24(26)27)3-6(12)25(28)29/h2-3H,1H3. The number of nitro benzene ring substituents is 2. The van der Waals surface area contributed by atoms with Gasteiger partial charge in [-0.3, -0.25) is 20.2 Å². The molecular weight excluding hydrogens is 553 g/mol. The van der Waals surface area contributed by atoms with Crippen LogP contribution in [-0.4, -0.2) is 16.9 Å². The summed E-state index contributed by atoms with van der Waals surface area (Å²) in [7, 11) is 1.01. The van der Waals surface area contributed by atoms with Crippen molar-refractivity contribution in [2.45, 2.75) is 6.18 Å². The van der Waals surface area contributed by atoms with Crippen molar-refractivity contribution in [1.29, 1.82) is 0 Å². The molecule has 156 valence electrons. The molecule has 0 aromatic heterocycles. The van der Waals surface area contributed by atoms with Crippen LogP contribution in [0.15, 0.2) is 16.6 Å². The van der Waals surface area contributed by atoms with Crippen LogP contribution >= 0.6 is 62.3 Å². The van der Waals surface area contributed by atoms with Gasteiger partial charge in [0.15, 0.2) is 0 Å². The molecule has 0 aliphatic heterocycles. The summed E-state index contributed by atoms with van der Waals surface area (Å²) in [6.45, 7) is 0. The Hall–Kier alpha value is -1.53. The highest BCUT2D eigenvalue weighted by molar-refractivity contribution is 9.10. The number of rotatable bonds is 4. The van der Waals surface area contributed by atoms with Crippen LogP contribution in [-0.2, 0) is 6.18 Å². The lowest BCUT2D eigenvalue weighted by atomic mass is 10.1. The van der Waals surface area contributed by atoms with Crippen LogP contribution in [0.4, 0.5) is 35.9 Å². The van der Waals surface area contributed by atoms with Crippen LogP contribution in [0, 0.1) is 20.2 Å². The van der Waals surface area contributed by atoms with Gasteiger partial charge >= 0.3 is 6.18 Å². The maximum atomic E-state index is 13.6. The van der Waals surface area contributed by atoms with Gasteiger partial charge in [0, 0.05) is 13.1 Å². The molecule has 2 aromatic carbocycles. The number of non-ortho nitro benzene ring substituents is 1. The third-order valence-electron chi connectivity index (χ3n) is 3.64. The summed E-state index contributed by atoms with van der Waals surface area (Å²) in [5.74, 6) is 0. The summed E-state index contributed by atoms with van der Waals surface area (Å²) in [5.41, 5.74) is -5.31. The summed E-state index contributed by atoms with van der Waals surface area (Å²) in [6.07, 6.45) is -5.19. The predicted octanol–water partition coefficient (Wildman–Crippen LogP) is 7.67. The quantitative estimate of drug-likeness (QED) is 0.166. The molecule has 0 bridgehead atoms. The summed E-state index contributed by atoms with van der Waals surface area (Å²) < 4.78 is 40.9. The van der Waals surface area contributed by atoms with Crippen molar-refractivity contribution in [2.24, 2.45) is 0 Å². The summed E-state index contributed by atoms with van der Waals surface area (Å²) >= 11 is 27.1. The Morgan fingerprint density at radius 1 is 0.931 bits per heavy atom. The van der Waals surface area contributed by atoms with Crippen molar-refractivity contribution >= 4 is 85.1 Å². The van der Waals surface area contributed by atoms with Crippen LogP contribution in [0.5, 0.6) is 0 Å². The monoisotopic (exact) mass is 555 g/mol. The molecule has 7 nitrogen and oxygen atoms in total. The Morgan fingerprint density at radius 3 is 1.93 bits per heavy atom. The average Bonchev–Trinajstić information content (AvgIpc) is 2.62. The number of hydrogen-bond acceptors (Lipinski definition) is 5. The Kier molecular flexibility index (Phi) is 6.80. The van der Waals surface area contributed by atoms with Crippen molar-refractivity contribution in [3.8, 4) is 0 Å². The maximum Gasteiger partial charge on any atom is 0.418 e. The summed E-state index contributed by atoms with van der Waals surface area (Å²) in [4.78, 5) is 20.7. The smallest absolute Gasteiger partial charge is 0.336 e. The molecule has 29 heavy (non-hydrogen) atoms. The lowest BCUT2D eigenvalue weighted by molar-refractivity contribution is -0.394. The Morgan fingerprint density at radius 2 is 1.48 bits per heavy atom. The first-order valence-corrected chi connectivity index (χ1v) is 9.29. The van der Waals surface area contributed by atoms with Crippen molar-refractivity contribution in [3.05, 3.63) is 62.5 Å². The molecule has 0 aliphatic rings. The number of nitrogens with zero attached hydrogens (tertiary/aromatic N) is 3. The molecule has 0 N–H and O–H groups in total. The molecule has 2 rings (SSSR count). The first kappa shape index (κ1) is 23.7. The molecule has 0 spiro atoms. The second-order valence-corrected chi connectivity index (χ2v) is 7.66. The van der Waals surface area contributed by atoms with Crippen LogP contribution in [0.1, 0.15) is 5.56 Å². The third-order valence-corrected chi connectivity index (χ3v) is 6.58. The van der Waals surface area contributed by atoms with E-state index in [0.717, 1.165) is 7.05 Å². The number of alkyl halides is 3. The zero-order valence-corrected chi connectivity index (χ0v) is 18.3. The first-order chi connectivity index (χ1) is 13.2. The molecule has 0 saturated heterocycles. The topological polar surface area (TPSA) is 89.5 Å². The van der Waals surface area contributed by atoms with Crippen LogP contribution in [0.2, 0.25) is 20.1 Å². The minimum atomic E-state index is -5.19. The van der Waals surface area contributed by atoms with Gasteiger partial charge in [-0.2, -0.15) is 13.2 Å². The van der Waals surface area contributed by atoms with E-state index in [1.807, 2.05) is 0 Å². The zero-order chi connectivity index (χ0) is 22.4. The van der Waals surface area contributed by atoms with E-state index >= 15 is 0 Å². The Labute approximate surface area is 188 Å². The van der Waals surface area contributed by atoms with Gasteiger partial charge in [-0.25, -0.2) is 0 Å². The van der Waals surface area contributed by atoms with Gasteiger partial charge in [0.2, 0.25) is 0 Å². The summed E-state index contributed by atoms with van der Waals surface area (Å²) in [5, 5.41) is 21.3. The molecule has 0 saturated carbocycles. The van der Waals surface area contributed by atoms with E-state index in [1.165, 1.54) is 0 Å². The molecule has 2 aromatic rings. The van der Waals surface area contributed by atoms with E-state index in [1.54, 1.807) is 0 Å². The highest BCUT2D eigenvalue weighted by atomic mass is 79.9. The predicted molar refractivity (Wildman–Crippen MR) is 107 cm³/mol. The molecule has 0 unspecified atom stereocenters. The van der Waals surface area contributed by atoms with Gasteiger partial charge in [-0.1, -0.05) is 46.4 Å². The number of halogens is 8. The fourth-order valence-electron chi connectivity index (χ4n) is 2.42. The minimum absolute atomic E-state index is 0.0183. The van der Waals surface area contributed by atoms with E-state index in [9.17, 15) is 33.4 Å². The second kappa shape index (κ2) is 8.31. The highest BCUT2D eigenvalue weighted by Gasteiger charge is 2.42. The summed E-state index contributed by atoms with van der Waals surface area (Å²) in [6, 6.07) is 0.572. The number of benzene rings is 2. The van der Waals surface area contributed by atoms with Gasteiger partial charge < -0.3 is 4.90 Å². The van der Waals surface area contributed by atoms with Crippen molar-refractivity contribution in [2.75, 3.05) is 11.9 Å². The molecule has 0 heterocycles. The van der Waals surface area contributed by atoms with E-state index in [0.29, 0.717) is 11.0 Å². The molecule has 15 heteroatoms. The van der Waals surface area contributed by atoms with Gasteiger partial charge in [0.1, 0.15) is 5.69 Å². The largest absolute Gasteiger partial charge is 0.418 e. The molecular formula is C14H5BrCl4F3N3O4. The zero-order valence-electron chi connectivity index (χ0n) is 13.7. The van der Waals surface area contributed by atoms with E-state index in [2.05, 4.69) is 15.9 Å². The average molecular weight is 558 g/mol. The normalized spacial score (nSPS) is 11.5. The first-order valence-electron chi connectivity index (χ1n) is 6.99. The van der Waals surface area contributed by atoms with Gasteiger partial charge in [0.05, 0.1) is 51.7 Å². The van der Waals surface area contributed by atoms with Crippen LogP contribution in [0.3, 0.4) is 0 Å². The fourth-order valence-corrected chi connectivity index (χ4v) is 4.07. The van der Waals surface area contributed by atoms with Gasteiger partial charge in [-0.15, -0.1) is 0 Å². The van der Waals surface area contributed by atoms with E-state index in [4.69, 9.17) is 46.4 Å². The second-order valence-electron chi connectivity index (χ2n) is 5.35. The number of hydrogen-bond donors (Lipinski definition) is 0. The highest BCUT2D eigenvalue weighted by Crippen LogP contribution is 2.53. The van der Waals surface area contributed by atoms with Crippen molar-refractivity contribution in [3.63, 3.8) is 0 Å². The van der Waals surface area contributed by atoms with E-state index in [-0.39, 0.29) is 36.3 Å². The molecule has 0 aliphatic carbocycles. The minimum Gasteiger partial charge on any atom is -0.336 e. The van der Waals surface area contributed by atoms with Crippen molar-refractivity contribution in [1.82, 2.24) is 0 Å². The van der Waals surface area contributed by atoms with Gasteiger partial charge in [0.25, 0.3) is 11.4 Å². The van der Waals surface area contributed by atoms with Crippen LogP contribution < -0.4 is 4.90 Å². The fraction of sp³-hybridized carbons (Fsp3) is 0.143. The third kappa shape index (κ3) is 4.33. The molecule has 0 fully saturated rings. The Bertz CT molecular complexity index is 1020. The SMILES string of the molecule is CN(c1c([N+](=O)[O-])cc([N+](=O)[O-])cc1C(F)(F)F)c1c(Cl)c(Cl)c(Cl)c(Br)c1Cl. The molecule has 0 radical (unpaired) electrons. The number of anilines is 2. The Balaban J connectivity index is 2.98. The lowest BCUT2D eigenvalue weighted by Crippen LogP contribution is -2.19. The number of nitro groups is 2. The lowest BCUT2D eigenvalue weighted by Gasteiger charge is -2.26. The van der Waals surface area contributed by atoms with Crippen molar-refractivity contribution < 1.29 is 23.0 Å². The molecule has 0 atom stereocenters. The maximum absolute atomic E-state index is 13.6. The van der Waals surface area contributed by atoms with Gasteiger partial charge in [-0.05, 0) is 15.9 Å².